The molecule has 1 saturated carbocycles. The number of ketones is 2. The average molecular weight is 511 g/mol. The first kappa shape index (κ1) is 24.2. The fourth-order valence-electron chi connectivity index (χ4n) is 6.05. The fourth-order valence-corrected chi connectivity index (χ4v) is 6.97. The number of carbonyl (C=O) groups is 3. The van der Waals surface area contributed by atoms with Crippen molar-refractivity contribution in [1.29, 1.82) is 0 Å². The summed E-state index contributed by atoms with van der Waals surface area (Å²) < 4.78 is 0. The molecule has 0 aliphatic heterocycles. The van der Waals surface area contributed by atoms with E-state index < -0.39 is 58.0 Å². The van der Waals surface area contributed by atoms with Crippen molar-refractivity contribution in [1.82, 2.24) is 4.90 Å². The Morgan fingerprint density at radius 2 is 1.83 bits per heavy atom. The Morgan fingerprint density at radius 1 is 1.14 bits per heavy atom. The number of thiophene rings is 1. The second-order valence-electron chi connectivity index (χ2n) is 9.86. The number of aliphatic hydroxyl groups is 3. The van der Waals surface area contributed by atoms with Gasteiger partial charge in [-0.05, 0) is 75.2 Å². The molecule has 188 valence electrons. The Labute approximate surface area is 210 Å². The number of phenols is 1. The lowest BCUT2D eigenvalue weighted by Crippen LogP contribution is -2.65. The first-order valence-electron chi connectivity index (χ1n) is 11.5. The van der Waals surface area contributed by atoms with Gasteiger partial charge in [-0.3, -0.25) is 19.3 Å². The van der Waals surface area contributed by atoms with E-state index in [0.717, 1.165) is 15.3 Å². The molecule has 10 heteroatoms. The lowest BCUT2D eigenvalue weighted by atomic mass is 9.57. The predicted octanol–water partition coefficient (Wildman–Crippen LogP) is 2.00. The molecule has 4 atom stereocenters. The Balaban J connectivity index is 1.75. The van der Waals surface area contributed by atoms with E-state index in [9.17, 15) is 34.8 Å². The number of fused-ring (bicyclic) bond motifs is 3. The molecule has 1 heterocycles. The number of primary amides is 1. The van der Waals surface area contributed by atoms with Crippen LogP contribution in [0.5, 0.6) is 5.75 Å². The zero-order chi connectivity index (χ0) is 26.3. The molecular formula is C26H26N2O7S. The minimum atomic E-state index is -2.64. The predicted molar refractivity (Wildman–Crippen MR) is 132 cm³/mol. The van der Waals surface area contributed by atoms with Gasteiger partial charge in [-0.25, -0.2) is 0 Å². The summed E-state index contributed by atoms with van der Waals surface area (Å²) in [6, 6.07) is 6.01. The lowest BCUT2D eigenvalue weighted by molar-refractivity contribution is -0.153. The van der Waals surface area contributed by atoms with E-state index in [2.05, 4.69) is 0 Å². The highest BCUT2D eigenvalue weighted by Crippen LogP contribution is 2.53. The molecule has 0 spiro atoms. The minimum absolute atomic E-state index is 0.0598. The number of Topliss-reactive ketones (excluding diaryl/α,β-unsaturated/α-hetero) is 2. The van der Waals surface area contributed by atoms with Gasteiger partial charge in [-0.1, -0.05) is 0 Å². The summed E-state index contributed by atoms with van der Waals surface area (Å²) in [4.78, 5) is 42.5. The first-order valence-corrected chi connectivity index (χ1v) is 12.3. The monoisotopic (exact) mass is 510 g/mol. The van der Waals surface area contributed by atoms with Crippen molar-refractivity contribution >= 4 is 34.6 Å². The van der Waals surface area contributed by atoms with Crippen molar-refractivity contribution in [2.75, 3.05) is 14.1 Å². The van der Waals surface area contributed by atoms with Gasteiger partial charge < -0.3 is 26.2 Å². The molecule has 0 saturated heterocycles. The van der Waals surface area contributed by atoms with Gasteiger partial charge in [0, 0.05) is 21.2 Å². The summed E-state index contributed by atoms with van der Waals surface area (Å²) in [7, 11) is 3.14. The lowest BCUT2D eigenvalue weighted by Gasteiger charge is -2.50. The Morgan fingerprint density at radius 3 is 2.42 bits per heavy atom. The van der Waals surface area contributed by atoms with Crippen LogP contribution in [0.4, 0.5) is 0 Å². The van der Waals surface area contributed by atoms with Gasteiger partial charge in [-0.15, -0.1) is 11.3 Å². The van der Waals surface area contributed by atoms with E-state index in [1.807, 2.05) is 19.1 Å². The zero-order valence-electron chi connectivity index (χ0n) is 19.9. The van der Waals surface area contributed by atoms with Crippen molar-refractivity contribution < 1.29 is 34.8 Å². The second-order valence-corrected chi connectivity index (χ2v) is 11.1. The number of hydrogen-bond acceptors (Lipinski definition) is 9. The van der Waals surface area contributed by atoms with Gasteiger partial charge in [0.25, 0.3) is 5.91 Å². The fraction of sp³-hybridized carbons (Fsp3) is 0.346. The van der Waals surface area contributed by atoms with Crippen LogP contribution in [0.1, 0.15) is 22.4 Å². The molecule has 1 aromatic carbocycles. The van der Waals surface area contributed by atoms with E-state index in [0.29, 0.717) is 5.56 Å². The number of likely N-dealkylation sites (N-methyl/N-ethyl adjacent to an activating group) is 1. The van der Waals surface area contributed by atoms with Gasteiger partial charge in [-0.2, -0.15) is 0 Å². The molecule has 2 aromatic rings. The van der Waals surface area contributed by atoms with Crippen LogP contribution in [0.2, 0.25) is 0 Å². The molecule has 1 amide bonds. The molecule has 1 aromatic heterocycles. The maximum Gasteiger partial charge on any atom is 0.255 e. The summed E-state index contributed by atoms with van der Waals surface area (Å²) in [6.45, 7) is 1.97. The van der Waals surface area contributed by atoms with Crippen LogP contribution < -0.4 is 5.73 Å². The molecule has 4 unspecified atom stereocenters. The number of amides is 1. The van der Waals surface area contributed by atoms with Gasteiger partial charge in [0.2, 0.25) is 5.78 Å². The van der Waals surface area contributed by atoms with Crippen LogP contribution in [0.25, 0.3) is 16.2 Å². The van der Waals surface area contributed by atoms with Gasteiger partial charge in [0.15, 0.2) is 11.4 Å². The van der Waals surface area contributed by atoms with Gasteiger partial charge in [0.1, 0.15) is 22.8 Å². The quantitative estimate of drug-likeness (QED) is 0.392. The van der Waals surface area contributed by atoms with Crippen molar-refractivity contribution in [2.24, 2.45) is 17.6 Å². The number of aromatic hydroxyl groups is 1. The van der Waals surface area contributed by atoms with Crippen molar-refractivity contribution in [3.63, 3.8) is 0 Å². The van der Waals surface area contributed by atoms with E-state index >= 15 is 0 Å². The zero-order valence-corrected chi connectivity index (χ0v) is 20.7. The van der Waals surface area contributed by atoms with E-state index in [4.69, 9.17) is 5.73 Å². The van der Waals surface area contributed by atoms with Crippen LogP contribution in [-0.2, 0) is 20.8 Å². The summed E-state index contributed by atoms with van der Waals surface area (Å²) in [5, 5.41) is 44.5. The van der Waals surface area contributed by atoms with E-state index in [1.165, 1.54) is 11.0 Å². The molecule has 5 rings (SSSR count). The second kappa shape index (κ2) is 8.02. The third-order valence-corrected chi connectivity index (χ3v) is 8.64. The largest absolute Gasteiger partial charge is 0.508 e. The van der Waals surface area contributed by atoms with Gasteiger partial charge in [0.05, 0.1) is 11.6 Å². The van der Waals surface area contributed by atoms with Crippen LogP contribution in [0.15, 0.2) is 41.2 Å². The summed E-state index contributed by atoms with van der Waals surface area (Å²) >= 11 is 1.56. The topological polar surface area (TPSA) is 161 Å². The number of nitrogens with zero attached hydrogens (tertiary/aromatic N) is 1. The Bertz CT molecular complexity index is 1420. The number of aliphatic hydroxyl groups excluding tert-OH is 2. The number of phenolic OH excluding ortho intramolecular Hbond substituents is 1. The molecule has 1 fully saturated rings. The molecule has 6 N–H and O–H groups in total. The third-order valence-electron chi connectivity index (χ3n) is 7.61. The number of hydrogen-bond donors (Lipinski definition) is 5. The summed E-state index contributed by atoms with van der Waals surface area (Å²) in [5.74, 6) is -6.55. The summed E-state index contributed by atoms with van der Waals surface area (Å²) in [6.07, 6.45) is 0.319. The number of aryl methyl sites for hydroxylation is 1. The van der Waals surface area contributed by atoms with Gasteiger partial charge >= 0.3 is 0 Å². The maximum atomic E-state index is 13.8. The highest BCUT2D eigenvalue weighted by molar-refractivity contribution is 7.15. The Kier molecular flexibility index (Phi) is 5.40. The number of carbonyl (C=O) groups excluding carboxylic acids is 3. The van der Waals surface area contributed by atoms with Crippen LogP contribution >= 0.6 is 11.3 Å². The smallest absolute Gasteiger partial charge is 0.255 e. The molecular weight excluding hydrogens is 484 g/mol. The van der Waals surface area contributed by atoms with Crippen molar-refractivity contribution in [3.05, 3.63) is 57.2 Å². The van der Waals surface area contributed by atoms with Crippen LogP contribution in [-0.4, -0.2) is 68.5 Å². The third kappa shape index (κ3) is 3.11. The van der Waals surface area contributed by atoms with Crippen molar-refractivity contribution in [3.8, 4) is 16.2 Å². The Hall–Kier alpha value is -3.47. The molecule has 3 aliphatic carbocycles. The van der Waals surface area contributed by atoms with E-state index in [-0.39, 0.29) is 29.7 Å². The molecule has 0 radical (unpaired) electrons. The van der Waals surface area contributed by atoms with E-state index in [1.54, 1.807) is 31.5 Å². The molecule has 36 heavy (non-hydrogen) atoms. The molecule has 3 aliphatic rings. The molecule has 9 nitrogen and oxygen atoms in total. The molecule has 0 bridgehead atoms. The summed E-state index contributed by atoms with van der Waals surface area (Å²) in [5.41, 5.74) is 3.28. The normalized spacial score (nSPS) is 27.8. The standard InChI is InChI=1S/C26H26N2O7S/c1-10-4-7-16(36-10)12-5-6-15(29)18-13(12)8-11-9-14-20(28(2)3)22(31)19(25(27)34)24(33)26(14,35)23(32)17(11)21(18)30/h4-7,11,14,20,29-30,33,35H,8-9H2,1-3H3,(H2,27,34). The van der Waals surface area contributed by atoms with Crippen molar-refractivity contribution in [2.45, 2.75) is 31.4 Å². The number of benzene rings is 1. The first-order chi connectivity index (χ1) is 16.9. The number of rotatable bonds is 3. The minimum Gasteiger partial charge on any atom is -0.508 e. The highest BCUT2D eigenvalue weighted by atomic mass is 32.1. The SMILES string of the molecule is Cc1ccc(-c2ccc(O)c3c2CC2CC4C(N(C)C)C(=O)C(C(N)=O)=C(O)C4(O)C(=O)C2=C3O)s1. The number of nitrogens with two attached hydrogens (primary N) is 1. The highest BCUT2D eigenvalue weighted by Gasteiger charge is 2.64. The van der Waals surface area contributed by atoms with Crippen LogP contribution in [0, 0.1) is 18.8 Å². The average Bonchev–Trinajstić information content (AvgIpc) is 3.22. The maximum absolute atomic E-state index is 13.8. The van der Waals surface area contributed by atoms with Crippen LogP contribution in [0.3, 0.4) is 0 Å².